The third kappa shape index (κ3) is 4.66. The molecule has 2 aromatic rings. The maximum Gasteiger partial charge on any atom is 0.329 e. The smallest absolute Gasteiger partial charge is 0.329 e. The topological polar surface area (TPSA) is 71.8 Å². The first-order valence-corrected chi connectivity index (χ1v) is 10.1. The molecule has 1 aromatic heterocycles. The van der Waals surface area contributed by atoms with Crippen molar-refractivity contribution in [3.05, 3.63) is 54.0 Å². The normalized spacial score (nSPS) is 19.1. The van der Waals surface area contributed by atoms with Gasteiger partial charge in [0, 0.05) is 17.0 Å². The Balaban J connectivity index is 1.78. The molecule has 1 aromatic carbocycles. The van der Waals surface area contributed by atoms with Crippen molar-refractivity contribution >= 4 is 29.4 Å². The van der Waals surface area contributed by atoms with Crippen LogP contribution in [0.1, 0.15) is 36.3 Å². The summed E-state index contributed by atoms with van der Waals surface area (Å²) in [5, 5.41) is 2.60. The molecular weight excluding hydrogens is 364 g/mol. The minimum atomic E-state index is -0.628. The number of carbonyl (C=O) groups excluding carboxylic acids is 2. The molecule has 0 radical (unpaired) electrons. The lowest BCUT2D eigenvalue weighted by atomic mass is 10.2. The summed E-state index contributed by atoms with van der Waals surface area (Å²) < 4.78 is 10.6. The van der Waals surface area contributed by atoms with Gasteiger partial charge in [0.15, 0.2) is 0 Å². The van der Waals surface area contributed by atoms with Crippen molar-refractivity contribution in [1.82, 2.24) is 4.90 Å². The molecule has 0 spiro atoms. The summed E-state index contributed by atoms with van der Waals surface area (Å²) in [6.07, 6.45) is 4.93. The van der Waals surface area contributed by atoms with Crippen LogP contribution in [0, 0.1) is 6.92 Å². The van der Waals surface area contributed by atoms with Gasteiger partial charge in [-0.25, -0.2) is 9.59 Å². The number of anilines is 1. The minimum Gasteiger partial charge on any atom is -0.472 e. The molecule has 7 heteroatoms. The van der Waals surface area contributed by atoms with E-state index in [0.717, 1.165) is 24.0 Å². The minimum absolute atomic E-state index is 0.294. The van der Waals surface area contributed by atoms with Crippen LogP contribution < -0.4 is 5.32 Å². The molecule has 2 amide bonds. The SMILES string of the molecule is CCCCOC(=O)C1CSC(c2ccoc2)N1C(=O)Nc1ccc(C)cc1. The molecule has 0 bridgehead atoms. The summed E-state index contributed by atoms with van der Waals surface area (Å²) in [6, 6.07) is 8.41. The number of carbonyl (C=O) groups is 2. The van der Waals surface area contributed by atoms with Gasteiger partial charge in [-0.2, -0.15) is 0 Å². The van der Waals surface area contributed by atoms with Crippen molar-refractivity contribution in [1.29, 1.82) is 0 Å². The number of ether oxygens (including phenoxy) is 1. The molecule has 2 atom stereocenters. The van der Waals surface area contributed by atoms with Crippen molar-refractivity contribution < 1.29 is 18.7 Å². The molecule has 1 aliphatic heterocycles. The zero-order chi connectivity index (χ0) is 19.2. The number of benzene rings is 1. The van der Waals surface area contributed by atoms with E-state index in [1.165, 1.54) is 11.8 Å². The first kappa shape index (κ1) is 19.4. The molecular formula is C20H24N2O4S. The van der Waals surface area contributed by atoms with Gasteiger partial charge < -0.3 is 14.5 Å². The number of esters is 1. The predicted octanol–water partition coefficient (Wildman–Crippen LogP) is 4.58. The van der Waals surface area contributed by atoms with Crippen LogP contribution in [-0.4, -0.2) is 35.3 Å². The van der Waals surface area contributed by atoms with Crippen LogP contribution in [0.4, 0.5) is 10.5 Å². The maximum absolute atomic E-state index is 13.0. The second-order valence-corrected chi connectivity index (χ2v) is 7.60. The Morgan fingerprint density at radius 3 is 2.74 bits per heavy atom. The van der Waals surface area contributed by atoms with Crippen LogP contribution in [0.5, 0.6) is 0 Å². The number of nitrogens with zero attached hydrogens (tertiary/aromatic N) is 1. The molecule has 144 valence electrons. The summed E-state index contributed by atoms with van der Waals surface area (Å²) in [4.78, 5) is 27.1. The summed E-state index contributed by atoms with van der Waals surface area (Å²) >= 11 is 1.53. The van der Waals surface area contributed by atoms with Gasteiger partial charge in [0.05, 0.1) is 19.1 Å². The Morgan fingerprint density at radius 1 is 1.30 bits per heavy atom. The van der Waals surface area contributed by atoms with Crippen molar-refractivity contribution in [3.8, 4) is 0 Å². The lowest BCUT2D eigenvalue weighted by Crippen LogP contribution is -2.45. The van der Waals surface area contributed by atoms with E-state index >= 15 is 0 Å². The number of furan rings is 1. The van der Waals surface area contributed by atoms with E-state index in [1.807, 2.05) is 44.2 Å². The number of hydrogen-bond donors (Lipinski definition) is 1. The second kappa shape index (κ2) is 8.99. The van der Waals surface area contributed by atoms with E-state index in [0.29, 0.717) is 18.0 Å². The standard InChI is InChI=1S/C20H24N2O4S/c1-3-4-10-26-19(23)17-13-27-18(15-9-11-25-12-15)22(17)20(24)21-16-7-5-14(2)6-8-16/h5-9,11-12,17-18H,3-4,10,13H2,1-2H3,(H,21,24). The van der Waals surface area contributed by atoms with Crippen LogP contribution >= 0.6 is 11.8 Å². The van der Waals surface area contributed by atoms with Gasteiger partial charge in [0.1, 0.15) is 11.4 Å². The third-order valence-electron chi connectivity index (χ3n) is 4.38. The van der Waals surface area contributed by atoms with Gasteiger partial charge in [-0.3, -0.25) is 4.90 Å². The predicted molar refractivity (Wildman–Crippen MR) is 106 cm³/mol. The number of rotatable bonds is 6. The number of aryl methyl sites for hydroxylation is 1. The van der Waals surface area contributed by atoms with Crippen molar-refractivity contribution in [3.63, 3.8) is 0 Å². The lowest BCUT2D eigenvalue weighted by Gasteiger charge is -2.28. The Bertz CT molecular complexity index is 761. The lowest BCUT2D eigenvalue weighted by molar-refractivity contribution is -0.148. The average Bonchev–Trinajstić information content (AvgIpc) is 3.33. The van der Waals surface area contributed by atoms with E-state index in [4.69, 9.17) is 9.15 Å². The fourth-order valence-electron chi connectivity index (χ4n) is 2.85. The van der Waals surface area contributed by atoms with Crippen molar-refractivity contribution in [2.45, 2.75) is 38.1 Å². The van der Waals surface area contributed by atoms with Crippen LogP contribution in [0.2, 0.25) is 0 Å². The molecule has 2 heterocycles. The Hall–Kier alpha value is -2.41. The van der Waals surface area contributed by atoms with E-state index in [1.54, 1.807) is 17.4 Å². The average molecular weight is 388 g/mol. The molecule has 0 aliphatic carbocycles. The van der Waals surface area contributed by atoms with Gasteiger partial charge in [0.25, 0.3) is 0 Å². The largest absolute Gasteiger partial charge is 0.472 e. The highest BCUT2D eigenvalue weighted by Crippen LogP contribution is 2.42. The van der Waals surface area contributed by atoms with Gasteiger partial charge in [-0.1, -0.05) is 31.0 Å². The van der Waals surface area contributed by atoms with Gasteiger partial charge in [0.2, 0.25) is 0 Å². The Labute approximate surface area is 163 Å². The summed E-state index contributed by atoms with van der Waals surface area (Å²) in [5.41, 5.74) is 2.65. The first-order chi connectivity index (χ1) is 13.1. The molecule has 3 rings (SSSR count). The molecule has 1 aliphatic rings. The maximum atomic E-state index is 13.0. The number of hydrogen-bond acceptors (Lipinski definition) is 5. The van der Waals surface area contributed by atoms with Gasteiger partial charge in [-0.15, -0.1) is 11.8 Å². The number of urea groups is 1. The number of nitrogens with one attached hydrogen (secondary N) is 1. The highest BCUT2D eigenvalue weighted by molar-refractivity contribution is 7.99. The molecule has 0 saturated carbocycles. The van der Waals surface area contributed by atoms with Crippen LogP contribution in [0.3, 0.4) is 0 Å². The molecule has 6 nitrogen and oxygen atoms in total. The Morgan fingerprint density at radius 2 is 2.07 bits per heavy atom. The second-order valence-electron chi connectivity index (χ2n) is 6.48. The highest BCUT2D eigenvalue weighted by Gasteiger charge is 2.43. The zero-order valence-corrected chi connectivity index (χ0v) is 16.3. The first-order valence-electron chi connectivity index (χ1n) is 9.06. The van der Waals surface area contributed by atoms with E-state index in [2.05, 4.69) is 5.32 Å². The third-order valence-corrected chi connectivity index (χ3v) is 5.70. The van der Waals surface area contributed by atoms with Crippen LogP contribution in [0.15, 0.2) is 47.3 Å². The molecule has 1 N–H and O–H groups in total. The number of thioether (sulfide) groups is 1. The number of amides is 2. The zero-order valence-electron chi connectivity index (χ0n) is 15.5. The monoisotopic (exact) mass is 388 g/mol. The quantitative estimate of drug-likeness (QED) is 0.579. The summed E-state index contributed by atoms with van der Waals surface area (Å²) in [5.74, 6) is 0.128. The fraction of sp³-hybridized carbons (Fsp3) is 0.400. The number of unbranched alkanes of at least 4 members (excludes halogenated alkanes) is 1. The van der Waals surface area contributed by atoms with E-state index < -0.39 is 6.04 Å². The van der Waals surface area contributed by atoms with E-state index in [9.17, 15) is 9.59 Å². The summed E-state index contributed by atoms with van der Waals surface area (Å²) in [7, 11) is 0. The molecule has 1 fully saturated rings. The van der Waals surface area contributed by atoms with Gasteiger partial charge >= 0.3 is 12.0 Å². The molecule has 1 saturated heterocycles. The summed E-state index contributed by atoms with van der Waals surface area (Å²) in [6.45, 7) is 4.40. The molecule has 27 heavy (non-hydrogen) atoms. The molecule has 2 unspecified atom stereocenters. The fourth-order valence-corrected chi connectivity index (χ4v) is 4.24. The van der Waals surface area contributed by atoms with Gasteiger partial charge in [-0.05, 0) is 31.5 Å². The van der Waals surface area contributed by atoms with Crippen molar-refractivity contribution in [2.75, 3.05) is 17.7 Å². The Kier molecular flexibility index (Phi) is 6.45. The van der Waals surface area contributed by atoms with Crippen molar-refractivity contribution in [2.24, 2.45) is 0 Å². The van der Waals surface area contributed by atoms with Crippen LogP contribution in [0.25, 0.3) is 0 Å². The van der Waals surface area contributed by atoms with Crippen LogP contribution in [-0.2, 0) is 9.53 Å². The van der Waals surface area contributed by atoms with E-state index in [-0.39, 0.29) is 17.4 Å². The highest BCUT2D eigenvalue weighted by atomic mass is 32.2.